The number of carbonyl (C=O) groups excluding carboxylic acids is 1. The summed E-state index contributed by atoms with van der Waals surface area (Å²) >= 11 is 0. The molecule has 1 amide bonds. The van der Waals surface area contributed by atoms with Crippen LogP contribution in [0.1, 0.15) is 16.8 Å². The van der Waals surface area contributed by atoms with Crippen molar-refractivity contribution >= 4 is 5.91 Å². The second-order valence-corrected chi connectivity index (χ2v) is 4.27. The molecule has 3 nitrogen and oxygen atoms in total. The van der Waals surface area contributed by atoms with E-state index in [1.54, 1.807) is 12.1 Å². The van der Waals surface area contributed by atoms with Crippen LogP contribution in [0.2, 0.25) is 0 Å². The first kappa shape index (κ1) is 12.4. The Hall–Kier alpha value is -2.10. The van der Waals surface area contributed by atoms with Gasteiger partial charge in [-0.3, -0.25) is 4.79 Å². The standard InChI is InChI=1S/C14H15FN2O/c1-10-6-12(9-16-10)7-14(18)17-8-11-2-4-13(15)5-3-11/h2-6,9,16H,7-8H2,1H3,(H,17,18). The summed E-state index contributed by atoms with van der Waals surface area (Å²) in [5.41, 5.74) is 2.88. The molecule has 0 atom stereocenters. The molecule has 0 aliphatic heterocycles. The number of aromatic amines is 1. The largest absolute Gasteiger partial charge is 0.365 e. The molecule has 94 valence electrons. The van der Waals surface area contributed by atoms with Gasteiger partial charge in [0.25, 0.3) is 0 Å². The van der Waals surface area contributed by atoms with Gasteiger partial charge in [-0.1, -0.05) is 12.1 Å². The lowest BCUT2D eigenvalue weighted by Crippen LogP contribution is -2.24. The fourth-order valence-corrected chi connectivity index (χ4v) is 1.72. The van der Waals surface area contributed by atoms with E-state index in [0.29, 0.717) is 13.0 Å². The van der Waals surface area contributed by atoms with Crippen LogP contribution in [0, 0.1) is 12.7 Å². The Morgan fingerprint density at radius 1 is 1.28 bits per heavy atom. The summed E-state index contributed by atoms with van der Waals surface area (Å²) in [4.78, 5) is 14.7. The van der Waals surface area contributed by atoms with E-state index in [9.17, 15) is 9.18 Å². The third kappa shape index (κ3) is 3.45. The molecule has 1 aromatic heterocycles. The van der Waals surface area contributed by atoms with Crippen molar-refractivity contribution in [3.8, 4) is 0 Å². The van der Waals surface area contributed by atoms with Gasteiger partial charge in [-0.15, -0.1) is 0 Å². The number of benzene rings is 1. The van der Waals surface area contributed by atoms with E-state index in [2.05, 4.69) is 10.3 Å². The average Bonchev–Trinajstić information content (AvgIpc) is 2.74. The smallest absolute Gasteiger partial charge is 0.224 e. The van der Waals surface area contributed by atoms with Gasteiger partial charge >= 0.3 is 0 Å². The van der Waals surface area contributed by atoms with Gasteiger partial charge in [0.2, 0.25) is 5.91 Å². The maximum absolute atomic E-state index is 12.7. The van der Waals surface area contributed by atoms with Crippen LogP contribution in [0.5, 0.6) is 0 Å². The van der Waals surface area contributed by atoms with Gasteiger partial charge in [0.15, 0.2) is 0 Å². The van der Waals surface area contributed by atoms with E-state index in [1.165, 1.54) is 12.1 Å². The third-order valence-electron chi connectivity index (χ3n) is 2.65. The summed E-state index contributed by atoms with van der Waals surface area (Å²) in [6.45, 7) is 2.36. The Morgan fingerprint density at radius 3 is 2.61 bits per heavy atom. The van der Waals surface area contributed by atoms with Crippen molar-refractivity contribution in [2.24, 2.45) is 0 Å². The molecule has 2 N–H and O–H groups in total. The van der Waals surface area contributed by atoms with Gasteiger partial charge in [0.1, 0.15) is 5.82 Å². The molecule has 0 unspecified atom stereocenters. The molecule has 0 aliphatic rings. The van der Waals surface area contributed by atoms with Crippen LogP contribution in [0.15, 0.2) is 36.5 Å². The lowest BCUT2D eigenvalue weighted by molar-refractivity contribution is -0.120. The Labute approximate surface area is 105 Å². The number of H-pyrrole nitrogens is 1. The number of aryl methyl sites for hydroxylation is 1. The predicted molar refractivity (Wildman–Crippen MR) is 67.5 cm³/mol. The van der Waals surface area contributed by atoms with Crippen molar-refractivity contribution in [2.75, 3.05) is 0 Å². The Bertz CT molecular complexity index is 531. The molecule has 0 radical (unpaired) electrons. The summed E-state index contributed by atoms with van der Waals surface area (Å²) in [5, 5.41) is 2.80. The van der Waals surface area contributed by atoms with E-state index in [-0.39, 0.29) is 11.7 Å². The maximum Gasteiger partial charge on any atom is 0.224 e. The molecule has 0 saturated carbocycles. The molecule has 0 spiro atoms. The van der Waals surface area contributed by atoms with Crippen LogP contribution in [0.3, 0.4) is 0 Å². The predicted octanol–water partition coefficient (Wildman–Crippen LogP) is 2.32. The average molecular weight is 246 g/mol. The monoisotopic (exact) mass is 246 g/mol. The zero-order chi connectivity index (χ0) is 13.0. The SMILES string of the molecule is Cc1cc(CC(=O)NCc2ccc(F)cc2)c[nH]1. The van der Waals surface area contributed by atoms with Crippen molar-refractivity contribution in [1.82, 2.24) is 10.3 Å². The molecule has 0 saturated heterocycles. The molecule has 0 bridgehead atoms. The van der Waals surface area contributed by atoms with E-state index in [1.807, 2.05) is 19.2 Å². The number of amides is 1. The molecule has 1 heterocycles. The van der Waals surface area contributed by atoms with Gasteiger partial charge in [-0.2, -0.15) is 0 Å². The highest BCUT2D eigenvalue weighted by atomic mass is 19.1. The van der Waals surface area contributed by atoms with Crippen LogP contribution in [0.25, 0.3) is 0 Å². The van der Waals surface area contributed by atoms with Crippen LogP contribution < -0.4 is 5.32 Å². The van der Waals surface area contributed by atoms with Crippen LogP contribution in [-0.4, -0.2) is 10.9 Å². The fraction of sp³-hybridized carbons (Fsp3) is 0.214. The molecule has 18 heavy (non-hydrogen) atoms. The topological polar surface area (TPSA) is 44.9 Å². The minimum Gasteiger partial charge on any atom is -0.365 e. The summed E-state index contributed by atoms with van der Waals surface area (Å²) in [6, 6.07) is 8.04. The highest BCUT2D eigenvalue weighted by Gasteiger charge is 2.04. The second-order valence-electron chi connectivity index (χ2n) is 4.27. The number of hydrogen-bond donors (Lipinski definition) is 2. The van der Waals surface area contributed by atoms with E-state index in [0.717, 1.165) is 16.8 Å². The lowest BCUT2D eigenvalue weighted by Gasteiger charge is -2.04. The lowest BCUT2D eigenvalue weighted by atomic mass is 10.2. The number of nitrogens with one attached hydrogen (secondary N) is 2. The normalized spacial score (nSPS) is 10.3. The number of rotatable bonds is 4. The van der Waals surface area contributed by atoms with E-state index < -0.39 is 0 Å². The molecule has 1 aromatic carbocycles. The zero-order valence-electron chi connectivity index (χ0n) is 10.2. The highest BCUT2D eigenvalue weighted by molar-refractivity contribution is 5.78. The molecule has 0 fully saturated rings. The first-order chi connectivity index (χ1) is 8.63. The number of carbonyl (C=O) groups is 1. The second kappa shape index (κ2) is 5.49. The van der Waals surface area contributed by atoms with E-state index >= 15 is 0 Å². The Kier molecular flexibility index (Phi) is 3.77. The van der Waals surface area contributed by atoms with Crippen molar-refractivity contribution in [2.45, 2.75) is 19.9 Å². The summed E-state index contributed by atoms with van der Waals surface area (Å²) < 4.78 is 12.7. The Morgan fingerprint density at radius 2 is 2.00 bits per heavy atom. The maximum atomic E-state index is 12.7. The van der Waals surface area contributed by atoms with Gasteiger partial charge in [-0.05, 0) is 36.2 Å². The number of hydrogen-bond acceptors (Lipinski definition) is 1. The summed E-state index contributed by atoms with van der Waals surface area (Å²) in [6.07, 6.45) is 2.18. The van der Waals surface area contributed by atoms with Crippen molar-refractivity contribution in [3.05, 3.63) is 59.2 Å². The van der Waals surface area contributed by atoms with Crippen LogP contribution >= 0.6 is 0 Å². The molecule has 4 heteroatoms. The van der Waals surface area contributed by atoms with Crippen molar-refractivity contribution < 1.29 is 9.18 Å². The van der Waals surface area contributed by atoms with Crippen LogP contribution in [0.4, 0.5) is 4.39 Å². The van der Waals surface area contributed by atoms with Gasteiger partial charge in [0, 0.05) is 18.4 Å². The van der Waals surface area contributed by atoms with Crippen LogP contribution in [-0.2, 0) is 17.8 Å². The number of halogens is 1. The van der Waals surface area contributed by atoms with Gasteiger partial charge in [-0.25, -0.2) is 4.39 Å². The molecule has 2 rings (SSSR count). The first-order valence-electron chi connectivity index (χ1n) is 5.78. The minimum atomic E-state index is -0.270. The van der Waals surface area contributed by atoms with Crippen molar-refractivity contribution in [3.63, 3.8) is 0 Å². The Balaban J connectivity index is 1.83. The highest BCUT2D eigenvalue weighted by Crippen LogP contribution is 2.04. The summed E-state index contributed by atoms with van der Waals surface area (Å²) in [7, 11) is 0. The third-order valence-corrected chi connectivity index (χ3v) is 2.65. The molecular formula is C14H15FN2O. The van der Waals surface area contributed by atoms with Gasteiger partial charge < -0.3 is 10.3 Å². The molecule has 2 aromatic rings. The molecule has 0 aliphatic carbocycles. The van der Waals surface area contributed by atoms with Gasteiger partial charge in [0.05, 0.1) is 6.42 Å². The van der Waals surface area contributed by atoms with E-state index in [4.69, 9.17) is 0 Å². The minimum absolute atomic E-state index is 0.0432. The van der Waals surface area contributed by atoms with Crippen molar-refractivity contribution in [1.29, 1.82) is 0 Å². The zero-order valence-corrected chi connectivity index (χ0v) is 10.2. The summed E-state index contributed by atoms with van der Waals surface area (Å²) in [5.74, 6) is -0.314. The fourth-order valence-electron chi connectivity index (χ4n) is 1.72. The first-order valence-corrected chi connectivity index (χ1v) is 5.78. The quantitative estimate of drug-likeness (QED) is 0.854. The molecular weight excluding hydrogens is 231 g/mol. The number of aromatic nitrogens is 1.